The van der Waals surface area contributed by atoms with E-state index in [0.717, 1.165) is 5.69 Å². The standard InChI is InChI=1S/C12H20N4O3S/c1-3-7-20(18,19)16-6-4-5-10(16)12(17)13-11-8-9(2)14-15-11/h8,10H,3-7H2,1-2H3,(H2,13,14,15,17). The third-order valence-corrected chi connectivity index (χ3v) is 5.36. The molecule has 0 radical (unpaired) electrons. The molecule has 2 N–H and O–H groups in total. The van der Waals surface area contributed by atoms with E-state index in [1.807, 2.05) is 13.8 Å². The smallest absolute Gasteiger partial charge is 0.244 e. The van der Waals surface area contributed by atoms with Gasteiger partial charge in [0.1, 0.15) is 6.04 Å². The minimum absolute atomic E-state index is 0.0816. The second-order valence-electron chi connectivity index (χ2n) is 5.01. The molecule has 1 unspecified atom stereocenters. The molecule has 0 saturated carbocycles. The van der Waals surface area contributed by atoms with Gasteiger partial charge in [0.2, 0.25) is 15.9 Å². The second-order valence-corrected chi connectivity index (χ2v) is 7.05. The predicted octanol–water partition coefficient (Wildman–Crippen LogP) is 0.861. The van der Waals surface area contributed by atoms with Crippen LogP contribution in [0.2, 0.25) is 0 Å². The monoisotopic (exact) mass is 300 g/mol. The summed E-state index contributed by atoms with van der Waals surface area (Å²) in [6, 6.07) is 1.08. The molecule has 2 rings (SSSR count). The van der Waals surface area contributed by atoms with Crippen molar-refractivity contribution in [2.75, 3.05) is 17.6 Å². The summed E-state index contributed by atoms with van der Waals surface area (Å²) in [5.74, 6) is 0.194. The van der Waals surface area contributed by atoms with Crippen LogP contribution in [0.25, 0.3) is 0 Å². The fraction of sp³-hybridized carbons (Fsp3) is 0.667. The molecule has 1 aliphatic heterocycles. The molecule has 7 nitrogen and oxygen atoms in total. The summed E-state index contributed by atoms with van der Waals surface area (Å²) in [6.07, 6.45) is 1.81. The van der Waals surface area contributed by atoms with E-state index in [-0.39, 0.29) is 11.7 Å². The number of aromatic nitrogens is 2. The fourth-order valence-corrected chi connectivity index (χ4v) is 4.15. The van der Waals surface area contributed by atoms with E-state index < -0.39 is 16.1 Å². The SMILES string of the molecule is CCCS(=O)(=O)N1CCCC1C(=O)Nc1cc(C)[nH]n1. The number of H-pyrrole nitrogens is 1. The number of sulfonamides is 1. The first-order chi connectivity index (χ1) is 9.44. The highest BCUT2D eigenvalue weighted by Gasteiger charge is 2.38. The van der Waals surface area contributed by atoms with Crippen LogP contribution in [0.3, 0.4) is 0 Å². The van der Waals surface area contributed by atoms with Gasteiger partial charge in [-0.3, -0.25) is 9.89 Å². The van der Waals surface area contributed by atoms with Crippen molar-refractivity contribution in [1.82, 2.24) is 14.5 Å². The van der Waals surface area contributed by atoms with E-state index >= 15 is 0 Å². The molecule has 0 spiro atoms. The van der Waals surface area contributed by atoms with Crippen molar-refractivity contribution in [2.45, 2.75) is 39.2 Å². The number of hydrogen-bond donors (Lipinski definition) is 2. The lowest BCUT2D eigenvalue weighted by atomic mass is 10.2. The molecule has 0 aromatic carbocycles. The zero-order chi connectivity index (χ0) is 14.8. The van der Waals surface area contributed by atoms with E-state index in [0.29, 0.717) is 31.6 Å². The van der Waals surface area contributed by atoms with E-state index in [9.17, 15) is 13.2 Å². The van der Waals surface area contributed by atoms with Gasteiger partial charge >= 0.3 is 0 Å². The Kier molecular flexibility index (Phi) is 4.44. The van der Waals surface area contributed by atoms with E-state index in [2.05, 4.69) is 15.5 Å². The Morgan fingerprint density at radius 2 is 2.35 bits per heavy atom. The van der Waals surface area contributed by atoms with Crippen LogP contribution in [0.15, 0.2) is 6.07 Å². The first-order valence-electron chi connectivity index (χ1n) is 6.76. The predicted molar refractivity (Wildman–Crippen MR) is 75.8 cm³/mol. The van der Waals surface area contributed by atoms with Crippen molar-refractivity contribution < 1.29 is 13.2 Å². The molecule has 2 heterocycles. The molecule has 0 aliphatic carbocycles. The van der Waals surface area contributed by atoms with E-state index in [4.69, 9.17) is 0 Å². The summed E-state index contributed by atoms with van der Waals surface area (Å²) in [7, 11) is -3.35. The Morgan fingerprint density at radius 1 is 1.60 bits per heavy atom. The third kappa shape index (κ3) is 3.18. The number of aromatic amines is 1. The summed E-state index contributed by atoms with van der Waals surface area (Å²) in [5.41, 5.74) is 0.835. The maximum atomic E-state index is 12.2. The molecule has 20 heavy (non-hydrogen) atoms. The molecule has 1 atom stereocenters. The Labute approximate surface area is 118 Å². The number of carbonyl (C=O) groups excluding carboxylic acids is 1. The zero-order valence-corrected chi connectivity index (χ0v) is 12.5. The van der Waals surface area contributed by atoms with Crippen molar-refractivity contribution >= 4 is 21.7 Å². The van der Waals surface area contributed by atoms with Gasteiger partial charge in [-0.05, 0) is 26.2 Å². The van der Waals surface area contributed by atoms with E-state index in [1.165, 1.54) is 4.31 Å². The van der Waals surface area contributed by atoms with Crippen LogP contribution in [0.4, 0.5) is 5.82 Å². The average molecular weight is 300 g/mol. The van der Waals surface area contributed by atoms with Gasteiger partial charge in [-0.2, -0.15) is 9.40 Å². The lowest BCUT2D eigenvalue weighted by molar-refractivity contribution is -0.119. The van der Waals surface area contributed by atoms with Crippen molar-refractivity contribution in [3.8, 4) is 0 Å². The number of rotatable bonds is 5. The van der Waals surface area contributed by atoms with Gasteiger partial charge in [-0.1, -0.05) is 6.92 Å². The van der Waals surface area contributed by atoms with Gasteiger partial charge in [0.25, 0.3) is 0 Å². The van der Waals surface area contributed by atoms with Crippen LogP contribution >= 0.6 is 0 Å². The average Bonchev–Trinajstić information content (AvgIpc) is 2.98. The highest BCUT2D eigenvalue weighted by Crippen LogP contribution is 2.23. The quantitative estimate of drug-likeness (QED) is 0.843. The maximum absolute atomic E-state index is 12.2. The summed E-state index contributed by atoms with van der Waals surface area (Å²) in [6.45, 7) is 4.06. The van der Waals surface area contributed by atoms with Crippen molar-refractivity contribution in [3.05, 3.63) is 11.8 Å². The first kappa shape index (κ1) is 15.0. The number of aryl methyl sites for hydroxylation is 1. The number of nitrogens with one attached hydrogen (secondary N) is 2. The minimum atomic E-state index is -3.35. The molecule has 1 amide bonds. The highest BCUT2D eigenvalue weighted by atomic mass is 32.2. The summed E-state index contributed by atoms with van der Waals surface area (Å²) in [4.78, 5) is 12.2. The van der Waals surface area contributed by atoms with Gasteiger partial charge in [-0.25, -0.2) is 8.42 Å². The van der Waals surface area contributed by atoms with Crippen LogP contribution < -0.4 is 5.32 Å². The Hall–Kier alpha value is -1.41. The van der Waals surface area contributed by atoms with Gasteiger partial charge in [0.05, 0.1) is 5.75 Å². The molecule has 1 aromatic rings. The molecule has 8 heteroatoms. The third-order valence-electron chi connectivity index (χ3n) is 3.28. The molecule has 1 fully saturated rings. The van der Waals surface area contributed by atoms with Gasteiger partial charge in [-0.15, -0.1) is 0 Å². The lowest BCUT2D eigenvalue weighted by Gasteiger charge is -2.22. The highest BCUT2D eigenvalue weighted by molar-refractivity contribution is 7.89. The zero-order valence-electron chi connectivity index (χ0n) is 11.7. The van der Waals surface area contributed by atoms with Crippen LogP contribution in [0.5, 0.6) is 0 Å². The minimum Gasteiger partial charge on any atom is -0.308 e. The van der Waals surface area contributed by atoms with Crippen molar-refractivity contribution in [2.24, 2.45) is 0 Å². The maximum Gasteiger partial charge on any atom is 0.244 e. The van der Waals surface area contributed by atoms with Gasteiger partial charge in [0, 0.05) is 18.3 Å². The fourth-order valence-electron chi connectivity index (χ4n) is 2.40. The van der Waals surface area contributed by atoms with Crippen LogP contribution in [-0.2, 0) is 14.8 Å². The molecule has 1 aliphatic rings. The molecule has 112 valence electrons. The molecule has 1 aromatic heterocycles. The number of anilines is 1. The second kappa shape index (κ2) is 5.92. The topological polar surface area (TPSA) is 95.2 Å². The van der Waals surface area contributed by atoms with Crippen molar-refractivity contribution in [1.29, 1.82) is 0 Å². The first-order valence-corrected chi connectivity index (χ1v) is 8.37. The molecule has 0 bridgehead atoms. The molecular formula is C12H20N4O3S. The Morgan fingerprint density at radius 3 is 2.95 bits per heavy atom. The number of carbonyl (C=O) groups is 1. The molecule has 1 saturated heterocycles. The Balaban J connectivity index is 2.08. The van der Waals surface area contributed by atoms with Crippen molar-refractivity contribution in [3.63, 3.8) is 0 Å². The number of hydrogen-bond acceptors (Lipinski definition) is 4. The van der Waals surface area contributed by atoms with Crippen LogP contribution in [0.1, 0.15) is 31.9 Å². The Bertz CT molecular complexity index is 581. The van der Waals surface area contributed by atoms with E-state index in [1.54, 1.807) is 6.07 Å². The summed E-state index contributed by atoms with van der Waals surface area (Å²) < 4.78 is 25.6. The number of nitrogens with zero attached hydrogens (tertiary/aromatic N) is 2. The number of amides is 1. The normalized spacial score (nSPS) is 20.2. The summed E-state index contributed by atoms with van der Waals surface area (Å²) >= 11 is 0. The largest absolute Gasteiger partial charge is 0.308 e. The summed E-state index contributed by atoms with van der Waals surface area (Å²) in [5, 5.41) is 9.32. The van der Waals surface area contributed by atoms with Gasteiger partial charge < -0.3 is 5.32 Å². The van der Waals surface area contributed by atoms with Crippen LogP contribution in [0, 0.1) is 6.92 Å². The lowest BCUT2D eigenvalue weighted by Crippen LogP contribution is -2.44. The van der Waals surface area contributed by atoms with Gasteiger partial charge in [0.15, 0.2) is 5.82 Å². The molecular weight excluding hydrogens is 280 g/mol. The van der Waals surface area contributed by atoms with Crippen LogP contribution in [-0.4, -0.2) is 47.2 Å².